The lowest BCUT2D eigenvalue weighted by molar-refractivity contribution is -0.226. The third-order valence-corrected chi connectivity index (χ3v) is 5.61. The van der Waals surface area contributed by atoms with Crippen LogP contribution in [0.2, 0.25) is 0 Å². The molecule has 4 heterocycles. The van der Waals surface area contributed by atoms with Gasteiger partial charge in [-0.05, 0) is 18.2 Å². The van der Waals surface area contributed by atoms with E-state index >= 15 is 0 Å². The lowest BCUT2D eigenvalue weighted by atomic mass is 9.76. The highest BCUT2D eigenvalue weighted by Gasteiger charge is 2.72. The molecule has 0 radical (unpaired) electrons. The quantitative estimate of drug-likeness (QED) is 0.303. The van der Waals surface area contributed by atoms with Crippen LogP contribution >= 0.6 is 0 Å². The van der Waals surface area contributed by atoms with Gasteiger partial charge in [-0.15, -0.1) is 0 Å². The number of imide groups is 1. The minimum Gasteiger partial charge on any atom is -0.454 e. The molecule has 4 atom stereocenters. The van der Waals surface area contributed by atoms with Gasteiger partial charge >= 0.3 is 11.9 Å². The molecule has 1 aromatic carbocycles. The highest BCUT2D eigenvalue weighted by Crippen LogP contribution is 2.55. The van der Waals surface area contributed by atoms with Crippen LogP contribution in [0.1, 0.15) is 13.8 Å². The smallest absolute Gasteiger partial charge is 0.305 e. The van der Waals surface area contributed by atoms with Crippen LogP contribution in [0.5, 0.6) is 11.5 Å². The van der Waals surface area contributed by atoms with Crippen molar-refractivity contribution < 1.29 is 42.9 Å². The summed E-state index contributed by atoms with van der Waals surface area (Å²) in [6.07, 6.45) is 0.940. The SMILES string of the molecule is CC(=O)OC(OC(C)=O)[C@@]12C=C[C@@H](O1)[C@@H]1C(=O)N(c3ccc4c(c3)OCO4)C(=O)[C@H]12. The first kappa shape index (κ1) is 18.6. The van der Waals surface area contributed by atoms with E-state index in [2.05, 4.69) is 0 Å². The predicted molar refractivity (Wildman–Crippen MR) is 96.1 cm³/mol. The maximum atomic E-state index is 13.4. The number of hydrogen-bond donors (Lipinski definition) is 0. The molecule has 4 aliphatic rings. The number of benzene rings is 1. The van der Waals surface area contributed by atoms with E-state index in [-0.39, 0.29) is 6.79 Å². The van der Waals surface area contributed by atoms with E-state index in [1.165, 1.54) is 6.08 Å². The van der Waals surface area contributed by atoms with Crippen molar-refractivity contribution in [1.82, 2.24) is 0 Å². The fraction of sp³-hybridized carbons (Fsp3) is 0.400. The highest BCUT2D eigenvalue weighted by molar-refractivity contribution is 6.23. The van der Waals surface area contributed by atoms with Crippen LogP contribution < -0.4 is 14.4 Å². The molecule has 156 valence electrons. The number of carbonyl (C=O) groups is 4. The summed E-state index contributed by atoms with van der Waals surface area (Å²) in [5, 5.41) is 0. The molecule has 10 heteroatoms. The van der Waals surface area contributed by atoms with Gasteiger partial charge in [0.15, 0.2) is 17.1 Å². The van der Waals surface area contributed by atoms with E-state index in [0.717, 1.165) is 18.7 Å². The number of ether oxygens (including phenoxy) is 5. The van der Waals surface area contributed by atoms with Gasteiger partial charge in [-0.25, -0.2) is 4.90 Å². The normalized spacial score (nSPS) is 30.2. The topological polar surface area (TPSA) is 118 Å². The Morgan fingerprint density at radius 3 is 2.50 bits per heavy atom. The molecule has 0 spiro atoms. The van der Waals surface area contributed by atoms with E-state index in [0.29, 0.717) is 17.2 Å². The summed E-state index contributed by atoms with van der Waals surface area (Å²) >= 11 is 0. The van der Waals surface area contributed by atoms with Crippen LogP contribution in [0, 0.1) is 11.8 Å². The second kappa shape index (κ2) is 6.30. The molecule has 2 saturated heterocycles. The molecule has 1 aromatic rings. The summed E-state index contributed by atoms with van der Waals surface area (Å²) in [5.41, 5.74) is -1.25. The van der Waals surface area contributed by atoms with E-state index in [9.17, 15) is 19.2 Å². The summed E-state index contributed by atoms with van der Waals surface area (Å²) in [6, 6.07) is 4.76. The van der Waals surface area contributed by atoms with Crippen molar-refractivity contribution in [3.8, 4) is 11.5 Å². The predicted octanol–water partition coefficient (Wildman–Crippen LogP) is 0.681. The Balaban J connectivity index is 1.53. The van der Waals surface area contributed by atoms with Gasteiger partial charge in [-0.1, -0.05) is 6.08 Å². The molecule has 2 bridgehead atoms. The van der Waals surface area contributed by atoms with Gasteiger partial charge in [-0.3, -0.25) is 19.2 Å². The molecule has 5 rings (SSSR count). The number of esters is 2. The maximum Gasteiger partial charge on any atom is 0.305 e. The standard InChI is InChI=1S/C20H17NO9/c1-9(22)28-19(29-10(2)23)20-6-5-13(30-20)15-16(20)18(25)21(17(15)24)11-3-4-12-14(7-11)27-8-26-12/h3-7,13,15-16,19H,8H2,1-2H3/t13-,15+,16+,20+/m1/s1. The van der Waals surface area contributed by atoms with Gasteiger partial charge in [0, 0.05) is 19.9 Å². The Labute approximate surface area is 170 Å². The van der Waals surface area contributed by atoms with Crippen LogP contribution in [-0.2, 0) is 33.4 Å². The molecule has 2 amide bonds. The summed E-state index contributed by atoms with van der Waals surface area (Å²) < 4.78 is 26.9. The molecular weight excluding hydrogens is 398 g/mol. The number of carbonyl (C=O) groups excluding carboxylic acids is 4. The molecule has 0 aromatic heterocycles. The van der Waals surface area contributed by atoms with Gasteiger partial charge in [0.2, 0.25) is 18.6 Å². The lowest BCUT2D eigenvalue weighted by Gasteiger charge is -2.34. The first-order valence-corrected chi connectivity index (χ1v) is 9.31. The van der Waals surface area contributed by atoms with Crippen LogP contribution in [0.4, 0.5) is 5.69 Å². The summed E-state index contributed by atoms with van der Waals surface area (Å²) in [4.78, 5) is 50.9. The molecule has 30 heavy (non-hydrogen) atoms. The fourth-order valence-electron chi connectivity index (χ4n) is 4.50. The van der Waals surface area contributed by atoms with Crippen LogP contribution in [-0.4, -0.2) is 48.5 Å². The van der Waals surface area contributed by atoms with Crippen LogP contribution in [0.3, 0.4) is 0 Å². The van der Waals surface area contributed by atoms with Crippen molar-refractivity contribution in [3.05, 3.63) is 30.4 Å². The number of fused-ring (bicyclic) bond motifs is 6. The van der Waals surface area contributed by atoms with Crippen molar-refractivity contribution in [2.45, 2.75) is 31.8 Å². The zero-order valence-electron chi connectivity index (χ0n) is 16.0. The monoisotopic (exact) mass is 415 g/mol. The Kier molecular flexibility index (Phi) is 3.91. The largest absolute Gasteiger partial charge is 0.454 e. The van der Waals surface area contributed by atoms with Gasteiger partial charge in [0.25, 0.3) is 6.29 Å². The molecular formula is C20H17NO9. The van der Waals surface area contributed by atoms with Crippen molar-refractivity contribution in [2.24, 2.45) is 11.8 Å². The van der Waals surface area contributed by atoms with E-state index in [1.54, 1.807) is 24.3 Å². The Morgan fingerprint density at radius 2 is 1.80 bits per heavy atom. The minimum atomic E-state index is -1.58. The Hall–Kier alpha value is -3.40. The van der Waals surface area contributed by atoms with Crippen LogP contribution in [0.25, 0.3) is 0 Å². The summed E-state index contributed by atoms with van der Waals surface area (Å²) in [7, 11) is 0. The maximum absolute atomic E-state index is 13.4. The Bertz CT molecular complexity index is 1000. The van der Waals surface area contributed by atoms with Gasteiger partial charge in [-0.2, -0.15) is 0 Å². The zero-order valence-corrected chi connectivity index (χ0v) is 16.0. The summed E-state index contributed by atoms with van der Waals surface area (Å²) in [6.45, 7) is 2.36. The van der Waals surface area contributed by atoms with Crippen molar-refractivity contribution in [1.29, 1.82) is 0 Å². The van der Waals surface area contributed by atoms with Crippen LogP contribution in [0.15, 0.2) is 30.4 Å². The third kappa shape index (κ3) is 2.46. The van der Waals surface area contributed by atoms with E-state index in [4.69, 9.17) is 23.7 Å². The third-order valence-electron chi connectivity index (χ3n) is 5.61. The van der Waals surface area contributed by atoms with Gasteiger partial charge < -0.3 is 23.7 Å². The molecule has 10 nitrogen and oxygen atoms in total. The summed E-state index contributed by atoms with van der Waals surface area (Å²) in [5.74, 6) is -3.34. The molecule has 4 aliphatic heterocycles. The molecule has 0 saturated carbocycles. The zero-order chi connectivity index (χ0) is 21.2. The molecule has 0 N–H and O–H groups in total. The number of amides is 2. The number of hydrogen-bond acceptors (Lipinski definition) is 9. The van der Waals surface area contributed by atoms with E-state index in [1.807, 2.05) is 0 Å². The Morgan fingerprint density at radius 1 is 1.10 bits per heavy atom. The minimum absolute atomic E-state index is 0.0569. The number of anilines is 1. The van der Waals surface area contributed by atoms with E-state index < -0.39 is 53.6 Å². The van der Waals surface area contributed by atoms with Crippen molar-refractivity contribution >= 4 is 29.4 Å². The second-order valence-electron chi connectivity index (χ2n) is 7.40. The molecule has 0 unspecified atom stereocenters. The first-order valence-electron chi connectivity index (χ1n) is 9.31. The highest BCUT2D eigenvalue weighted by atomic mass is 16.7. The molecule has 0 aliphatic carbocycles. The average molecular weight is 415 g/mol. The fourth-order valence-corrected chi connectivity index (χ4v) is 4.50. The van der Waals surface area contributed by atoms with Crippen molar-refractivity contribution in [2.75, 3.05) is 11.7 Å². The van der Waals surface area contributed by atoms with Crippen molar-refractivity contribution in [3.63, 3.8) is 0 Å². The lowest BCUT2D eigenvalue weighted by Crippen LogP contribution is -2.52. The average Bonchev–Trinajstić information content (AvgIpc) is 3.43. The number of rotatable bonds is 4. The number of nitrogens with zero attached hydrogens (tertiary/aromatic N) is 1. The first-order chi connectivity index (χ1) is 14.3. The van der Waals surface area contributed by atoms with Gasteiger partial charge in [0.1, 0.15) is 0 Å². The second-order valence-corrected chi connectivity index (χ2v) is 7.40. The van der Waals surface area contributed by atoms with Gasteiger partial charge in [0.05, 0.1) is 23.6 Å². The molecule has 2 fully saturated rings.